The molecule has 0 unspecified atom stereocenters. The van der Waals surface area contributed by atoms with Crippen molar-refractivity contribution in [3.8, 4) is 5.88 Å². The monoisotopic (exact) mass is 399 g/mol. The average Bonchev–Trinajstić information content (AvgIpc) is 3.08. The fourth-order valence-electron chi connectivity index (χ4n) is 2.47. The number of carbonyl (C=O) groups is 1. The van der Waals surface area contributed by atoms with Gasteiger partial charge in [-0.3, -0.25) is 4.79 Å². The van der Waals surface area contributed by atoms with Gasteiger partial charge in [-0.15, -0.1) is 0 Å². The molecule has 0 radical (unpaired) electrons. The van der Waals surface area contributed by atoms with Gasteiger partial charge in [0, 0.05) is 15.4 Å². The van der Waals surface area contributed by atoms with Gasteiger partial charge in [0.05, 0.1) is 10.9 Å². The lowest BCUT2D eigenvalue weighted by atomic mass is 10.1. The minimum atomic E-state index is -0.356. The number of hydrogen-bond donors (Lipinski definition) is 2. The van der Waals surface area contributed by atoms with Crippen LogP contribution in [0.2, 0.25) is 0 Å². The van der Waals surface area contributed by atoms with Crippen molar-refractivity contribution in [3.05, 3.63) is 68.5 Å². The van der Waals surface area contributed by atoms with Crippen molar-refractivity contribution in [2.24, 2.45) is 4.99 Å². The molecule has 0 saturated heterocycles. The van der Waals surface area contributed by atoms with Gasteiger partial charge in [-0.05, 0) is 30.3 Å². The van der Waals surface area contributed by atoms with Crippen LogP contribution in [0.15, 0.2) is 58.0 Å². The first-order chi connectivity index (χ1) is 11.6. The highest BCUT2D eigenvalue weighted by atomic mass is 79.9. The summed E-state index contributed by atoms with van der Waals surface area (Å²) in [5.41, 5.74) is 1.23. The predicted molar refractivity (Wildman–Crippen MR) is 95.9 cm³/mol. The lowest BCUT2D eigenvalue weighted by molar-refractivity contribution is -0.112. The summed E-state index contributed by atoms with van der Waals surface area (Å²) < 4.78 is 0.973. The van der Waals surface area contributed by atoms with E-state index in [0.29, 0.717) is 20.9 Å². The van der Waals surface area contributed by atoms with Crippen LogP contribution in [0.25, 0.3) is 5.57 Å². The molecule has 4 rings (SSSR count). The summed E-state index contributed by atoms with van der Waals surface area (Å²) in [6.07, 6.45) is 0. The summed E-state index contributed by atoms with van der Waals surface area (Å²) in [5, 5.41) is 15.2. The molecule has 0 fully saturated rings. The molecule has 24 heavy (non-hydrogen) atoms. The molecule has 0 atom stereocenters. The number of fused-ring (bicyclic) bond motifs is 1. The molecule has 2 heterocycles. The summed E-state index contributed by atoms with van der Waals surface area (Å²) in [7, 11) is 0. The summed E-state index contributed by atoms with van der Waals surface area (Å²) >= 11 is 4.60. The van der Waals surface area contributed by atoms with Crippen molar-refractivity contribution in [1.82, 2.24) is 4.98 Å². The zero-order valence-corrected chi connectivity index (χ0v) is 14.6. The molecule has 1 aliphatic rings. The highest BCUT2D eigenvalue weighted by Gasteiger charge is 2.24. The Kier molecular flexibility index (Phi) is 3.66. The lowest BCUT2D eigenvalue weighted by Gasteiger charge is -2.01. The Morgan fingerprint density at radius 2 is 1.83 bits per heavy atom. The zero-order chi connectivity index (χ0) is 16.7. The molecule has 1 amide bonds. The van der Waals surface area contributed by atoms with Crippen molar-refractivity contribution >= 4 is 49.6 Å². The number of carbonyl (C=O) groups excluding carboxylic acids is 1. The number of hydrogen-bond acceptors (Lipinski definition) is 5. The van der Waals surface area contributed by atoms with Crippen molar-refractivity contribution < 1.29 is 9.90 Å². The number of para-hydroxylation sites is 1. The molecule has 7 heteroatoms. The maximum absolute atomic E-state index is 12.2. The van der Waals surface area contributed by atoms with Gasteiger partial charge >= 0.3 is 0 Å². The van der Waals surface area contributed by atoms with Gasteiger partial charge < -0.3 is 10.4 Å². The molecule has 5 nitrogen and oxygen atoms in total. The van der Waals surface area contributed by atoms with Crippen molar-refractivity contribution in [2.75, 3.05) is 5.32 Å². The van der Waals surface area contributed by atoms with Crippen LogP contribution in [0.4, 0.5) is 10.8 Å². The van der Waals surface area contributed by atoms with Crippen LogP contribution in [0.5, 0.6) is 5.88 Å². The Morgan fingerprint density at radius 1 is 1.08 bits per heavy atom. The van der Waals surface area contributed by atoms with Crippen LogP contribution in [-0.4, -0.2) is 16.0 Å². The molecule has 1 aromatic heterocycles. The quantitative estimate of drug-likeness (QED) is 0.709. The summed E-state index contributed by atoms with van der Waals surface area (Å²) in [6, 6.07) is 14.8. The Balaban J connectivity index is 1.76. The number of aromatic hydroxyl groups is 1. The van der Waals surface area contributed by atoms with Crippen LogP contribution in [0.3, 0.4) is 0 Å². The number of halogens is 1. The van der Waals surface area contributed by atoms with Gasteiger partial charge in [-0.1, -0.05) is 45.5 Å². The minimum absolute atomic E-state index is 0.171. The summed E-state index contributed by atoms with van der Waals surface area (Å²) in [6.45, 7) is 0. The Morgan fingerprint density at radius 3 is 2.62 bits per heavy atom. The number of nitrogens with one attached hydrogen (secondary N) is 1. The molecule has 0 aliphatic carbocycles. The van der Waals surface area contributed by atoms with Crippen LogP contribution >= 0.6 is 27.3 Å². The highest BCUT2D eigenvalue weighted by Crippen LogP contribution is 2.35. The normalized spacial score (nSPS) is 12.9. The number of rotatable bonds is 3. The SMILES string of the molecule is O=C1N=c2ccccc2=C1c1sc(Nc2ccc(Br)cc2)nc1O. The van der Waals surface area contributed by atoms with E-state index in [1.54, 1.807) is 6.07 Å². The van der Waals surface area contributed by atoms with E-state index in [0.717, 1.165) is 15.4 Å². The third-order valence-electron chi connectivity index (χ3n) is 3.54. The number of aromatic nitrogens is 1. The van der Waals surface area contributed by atoms with E-state index in [1.807, 2.05) is 42.5 Å². The van der Waals surface area contributed by atoms with Crippen LogP contribution in [0, 0.1) is 0 Å². The van der Waals surface area contributed by atoms with Gasteiger partial charge in [0.2, 0.25) is 5.88 Å². The first kappa shape index (κ1) is 15.0. The standard InChI is InChI=1S/C17H10BrN3O2S/c18-9-5-7-10(8-6-9)19-17-21-16(23)14(24-17)13-11-3-1-2-4-12(11)20-15(13)22/h1-8,23H,(H,19,21). The van der Waals surface area contributed by atoms with Gasteiger partial charge in [0.1, 0.15) is 4.88 Å². The molecule has 0 spiro atoms. The van der Waals surface area contributed by atoms with E-state index in [4.69, 9.17) is 0 Å². The molecule has 0 saturated carbocycles. The highest BCUT2D eigenvalue weighted by molar-refractivity contribution is 9.10. The number of anilines is 2. The van der Waals surface area contributed by atoms with E-state index < -0.39 is 0 Å². The number of amides is 1. The average molecular weight is 400 g/mol. The maximum atomic E-state index is 12.2. The largest absolute Gasteiger partial charge is 0.492 e. The zero-order valence-electron chi connectivity index (χ0n) is 12.2. The minimum Gasteiger partial charge on any atom is -0.492 e. The van der Waals surface area contributed by atoms with E-state index in [-0.39, 0.29) is 11.8 Å². The Bertz CT molecular complexity index is 1070. The summed E-state index contributed by atoms with van der Waals surface area (Å²) in [5.74, 6) is -0.528. The van der Waals surface area contributed by atoms with Crippen molar-refractivity contribution in [2.45, 2.75) is 0 Å². The summed E-state index contributed by atoms with van der Waals surface area (Å²) in [4.78, 5) is 20.8. The van der Waals surface area contributed by atoms with E-state index >= 15 is 0 Å². The second-order valence-electron chi connectivity index (χ2n) is 5.11. The molecule has 1 aliphatic heterocycles. The predicted octanol–water partition coefficient (Wildman–Crippen LogP) is 2.71. The maximum Gasteiger partial charge on any atom is 0.279 e. The topological polar surface area (TPSA) is 74.6 Å². The third kappa shape index (κ3) is 2.61. The second-order valence-corrected chi connectivity index (χ2v) is 7.03. The van der Waals surface area contributed by atoms with Gasteiger partial charge in [0.15, 0.2) is 5.13 Å². The van der Waals surface area contributed by atoms with Crippen molar-refractivity contribution in [3.63, 3.8) is 0 Å². The third-order valence-corrected chi connectivity index (χ3v) is 5.05. The fourth-order valence-corrected chi connectivity index (χ4v) is 3.66. The Hall–Kier alpha value is -2.51. The van der Waals surface area contributed by atoms with Gasteiger partial charge in [-0.25, -0.2) is 4.99 Å². The molecule has 3 aromatic rings. The first-order valence-electron chi connectivity index (χ1n) is 7.07. The molecular weight excluding hydrogens is 390 g/mol. The van der Waals surface area contributed by atoms with E-state index in [9.17, 15) is 9.90 Å². The Labute approximate surface area is 149 Å². The first-order valence-corrected chi connectivity index (χ1v) is 8.68. The van der Waals surface area contributed by atoms with Gasteiger partial charge in [0.25, 0.3) is 5.91 Å². The molecule has 0 bridgehead atoms. The van der Waals surface area contributed by atoms with Crippen LogP contribution in [0.1, 0.15) is 4.88 Å². The van der Waals surface area contributed by atoms with E-state index in [1.165, 1.54) is 11.3 Å². The molecule has 2 N–H and O–H groups in total. The van der Waals surface area contributed by atoms with Crippen molar-refractivity contribution in [1.29, 1.82) is 0 Å². The number of thiazole rings is 1. The molecular formula is C17H10BrN3O2S. The smallest absolute Gasteiger partial charge is 0.279 e. The number of benzene rings is 2. The fraction of sp³-hybridized carbons (Fsp3) is 0. The van der Waals surface area contributed by atoms with E-state index in [2.05, 4.69) is 31.2 Å². The van der Waals surface area contributed by atoms with Crippen LogP contribution in [-0.2, 0) is 4.79 Å². The second kappa shape index (κ2) is 5.85. The molecule has 2 aromatic carbocycles. The van der Waals surface area contributed by atoms with Crippen LogP contribution < -0.4 is 15.9 Å². The lowest BCUT2D eigenvalue weighted by Crippen LogP contribution is -2.22. The van der Waals surface area contributed by atoms with Gasteiger partial charge in [-0.2, -0.15) is 4.98 Å². The molecule has 118 valence electrons. The number of nitrogens with zero attached hydrogens (tertiary/aromatic N) is 2.